The van der Waals surface area contributed by atoms with Crippen LogP contribution in [0.3, 0.4) is 0 Å². The zero-order valence-corrected chi connectivity index (χ0v) is 14.5. The van der Waals surface area contributed by atoms with Gasteiger partial charge in [0, 0.05) is 22.5 Å². The highest BCUT2D eigenvalue weighted by Crippen LogP contribution is 2.33. The molecule has 0 aliphatic heterocycles. The van der Waals surface area contributed by atoms with Gasteiger partial charge in [-0.3, -0.25) is 4.79 Å². The maximum atomic E-state index is 11.1. The van der Waals surface area contributed by atoms with Gasteiger partial charge in [-0.15, -0.1) is 0 Å². The highest BCUT2D eigenvalue weighted by atomic mass is 35.5. The van der Waals surface area contributed by atoms with Crippen molar-refractivity contribution in [2.75, 3.05) is 0 Å². The lowest BCUT2D eigenvalue weighted by atomic mass is 10.1. The first-order valence-corrected chi connectivity index (χ1v) is 8.10. The Balaban J connectivity index is 1.85. The molecule has 0 radical (unpaired) electrons. The molecule has 1 heterocycles. The molecule has 3 rings (SSSR count). The van der Waals surface area contributed by atoms with Crippen LogP contribution in [0.4, 0.5) is 0 Å². The van der Waals surface area contributed by atoms with Crippen LogP contribution in [0, 0.1) is 0 Å². The van der Waals surface area contributed by atoms with E-state index in [1.54, 1.807) is 30.3 Å². The van der Waals surface area contributed by atoms with E-state index in [4.69, 9.17) is 39.5 Å². The second kappa shape index (κ2) is 7.26. The summed E-state index contributed by atoms with van der Waals surface area (Å²) in [5, 5.41) is 7.80. The number of rotatable bonds is 4. The minimum Gasteiger partial charge on any atom is -0.456 e. The number of hydrogen-bond donors (Lipinski definition) is 1. The van der Waals surface area contributed by atoms with Crippen molar-refractivity contribution >= 4 is 34.8 Å². The number of nitrogens with one attached hydrogen (secondary N) is 1. The molecule has 1 aromatic heterocycles. The molecule has 0 unspecified atom stereocenters. The zero-order chi connectivity index (χ0) is 17.1. The molecule has 0 saturated carbocycles. The monoisotopic (exact) mass is 380 g/mol. The molecule has 0 aliphatic carbocycles. The highest BCUT2D eigenvalue weighted by Gasteiger charge is 2.08. The van der Waals surface area contributed by atoms with Crippen LogP contribution in [0.25, 0.3) is 0 Å². The van der Waals surface area contributed by atoms with Crippen LogP contribution in [0.2, 0.25) is 15.1 Å². The van der Waals surface area contributed by atoms with Crippen molar-refractivity contribution in [2.45, 2.75) is 6.42 Å². The second-order valence-electron chi connectivity index (χ2n) is 5.06. The highest BCUT2D eigenvalue weighted by molar-refractivity contribution is 6.34. The van der Waals surface area contributed by atoms with Crippen molar-refractivity contribution in [3.8, 4) is 11.5 Å². The van der Waals surface area contributed by atoms with Gasteiger partial charge in [0.05, 0.1) is 10.7 Å². The Hall–Kier alpha value is -2.01. The lowest BCUT2D eigenvalue weighted by molar-refractivity contribution is 0.482. The number of benzene rings is 2. The number of aromatic nitrogens is 2. The molecule has 0 spiro atoms. The third-order valence-electron chi connectivity index (χ3n) is 3.18. The number of H-pyrrole nitrogens is 1. The Morgan fingerprint density at radius 3 is 2.38 bits per heavy atom. The van der Waals surface area contributed by atoms with Crippen LogP contribution in [0.5, 0.6) is 11.5 Å². The number of halogens is 3. The van der Waals surface area contributed by atoms with Crippen LogP contribution in [0.15, 0.2) is 53.3 Å². The smallest absolute Gasteiger partial charge is 0.264 e. The van der Waals surface area contributed by atoms with Crippen molar-refractivity contribution in [3.05, 3.63) is 85.2 Å². The molecule has 2 aromatic carbocycles. The van der Waals surface area contributed by atoms with E-state index in [1.165, 1.54) is 6.07 Å². The molecule has 0 fully saturated rings. The molecular weight excluding hydrogens is 371 g/mol. The fourth-order valence-electron chi connectivity index (χ4n) is 2.13. The largest absolute Gasteiger partial charge is 0.456 e. The Labute approximate surface area is 153 Å². The van der Waals surface area contributed by atoms with Gasteiger partial charge < -0.3 is 4.74 Å². The van der Waals surface area contributed by atoms with Gasteiger partial charge in [-0.1, -0.05) is 40.9 Å². The molecular formula is C17H11Cl3N2O2. The first kappa shape index (κ1) is 16.8. The second-order valence-corrected chi connectivity index (χ2v) is 6.34. The van der Waals surface area contributed by atoms with Crippen LogP contribution in [0.1, 0.15) is 11.3 Å². The molecule has 0 amide bonds. The molecule has 0 saturated heterocycles. The van der Waals surface area contributed by atoms with Crippen molar-refractivity contribution in [1.82, 2.24) is 10.2 Å². The summed E-state index contributed by atoms with van der Waals surface area (Å²) in [6.07, 6.45) is 0.528. The van der Waals surface area contributed by atoms with E-state index >= 15 is 0 Å². The summed E-state index contributed by atoms with van der Waals surface area (Å²) in [6.45, 7) is 0. The van der Waals surface area contributed by atoms with E-state index in [9.17, 15) is 4.79 Å². The van der Waals surface area contributed by atoms with E-state index in [2.05, 4.69) is 10.2 Å². The van der Waals surface area contributed by atoms with Gasteiger partial charge in [0.25, 0.3) is 5.56 Å². The van der Waals surface area contributed by atoms with Crippen molar-refractivity contribution in [2.24, 2.45) is 0 Å². The summed E-state index contributed by atoms with van der Waals surface area (Å²) >= 11 is 18.1. The lowest BCUT2D eigenvalue weighted by Gasteiger charge is -2.10. The van der Waals surface area contributed by atoms with E-state index < -0.39 is 0 Å². The summed E-state index contributed by atoms with van der Waals surface area (Å²) < 4.78 is 5.79. The topological polar surface area (TPSA) is 55.0 Å². The summed E-state index contributed by atoms with van der Waals surface area (Å²) in [7, 11) is 0. The Morgan fingerprint density at radius 2 is 1.71 bits per heavy atom. The number of nitrogens with zero attached hydrogens (tertiary/aromatic N) is 1. The van der Waals surface area contributed by atoms with Gasteiger partial charge in [0.2, 0.25) is 0 Å². The first-order valence-electron chi connectivity index (χ1n) is 6.96. The van der Waals surface area contributed by atoms with Crippen LogP contribution >= 0.6 is 34.8 Å². The summed E-state index contributed by atoms with van der Waals surface area (Å²) in [5.41, 5.74) is 1.42. The van der Waals surface area contributed by atoms with Gasteiger partial charge in [-0.05, 0) is 42.0 Å². The maximum Gasteiger partial charge on any atom is 0.264 e. The van der Waals surface area contributed by atoms with Crippen molar-refractivity contribution < 1.29 is 4.74 Å². The summed E-state index contributed by atoms with van der Waals surface area (Å²) in [5.74, 6) is 0.977. The number of hydrogen-bond acceptors (Lipinski definition) is 3. The first-order chi connectivity index (χ1) is 11.5. The Morgan fingerprint density at radius 1 is 0.958 bits per heavy atom. The lowest BCUT2D eigenvalue weighted by Crippen LogP contribution is -2.07. The molecule has 24 heavy (non-hydrogen) atoms. The molecule has 0 aliphatic rings. The standard InChI is InChI=1S/C17H11Cl3N2O2/c18-11-7-12(19)9-14(8-11)24-16-6-10(1-3-15(16)20)5-13-2-4-17(23)22-21-13/h1-4,6-9H,5H2,(H,22,23). The van der Waals surface area contributed by atoms with Gasteiger partial charge in [-0.25, -0.2) is 5.10 Å². The predicted octanol–water partition coefficient (Wildman–Crippen LogP) is 5.11. The average molecular weight is 382 g/mol. The van der Waals surface area contributed by atoms with Crippen molar-refractivity contribution in [3.63, 3.8) is 0 Å². The third kappa shape index (κ3) is 4.29. The quantitative estimate of drug-likeness (QED) is 0.683. The van der Waals surface area contributed by atoms with Crippen LogP contribution < -0.4 is 10.3 Å². The number of ether oxygens (including phenoxy) is 1. The summed E-state index contributed by atoms with van der Waals surface area (Å²) in [4.78, 5) is 11.1. The molecule has 4 nitrogen and oxygen atoms in total. The van der Waals surface area contributed by atoms with E-state index in [0.29, 0.717) is 33.0 Å². The van der Waals surface area contributed by atoms with Crippen LogP contribution in [-0.4, -0.2) is 10.2 Å². The van der Waals surface area contributed by atoms with Crippen molar-refractivity contribution in [1.29, 1.82) is 0 Å². The average Bonchev–Trinajstić information content (AvgIpc) is 2.52. The molecule has 0 bridgehead atoms. The molecule has 0 atom stereocenters. The van der Waals surface area contributed by atoms with Gasteiger partial charge in [0.15, 0.2) is 0 Å². The molecule has 7 heteroatoms. The third-order valence-corrected chi connectivity index (χ3v) is 3.93. The van der Waals surface area contributed by atoms with E-state index in [-0.39, 0.29) is 5.56 Å². The zero-order valence-electron chi connectivity index (χ0n) is 12.2. The fourth-order valence-corrected chi connectivity index (χ4v) is 2.79. The predicted molar refractivity (Wildman–Crippen MR) is 95.7 cm³/mol. The van der Waals surface area contributed by atoms with Gasteiger partial charge in [-0.2, -0.15) is 5.10 Å². The fraction of sp³-hybridized carbons (Fsp3) is 0.0588. The molecule has 122 valence electrons. The van der Waals surface area contributed by atoms with E-state index in [0.717, 1.165) is 11.3 Å². The minimum absolute atomic E-state index is 0.239. The normalized spacial score (nSPS) is 10.6. The Kier molecular flexibility index (Phi) is 5.09. The summed E-state index contributed by atoms with van der Waals surface area (Å²) in [6, 6.07) is 13.4. The minimum atomic E-state index is -0.239. The van der Waals surface area contributed by atoms with E-state index in [1.807, 2.05) is 12.1 Å². The van der Waals surface area contributed by atoms with Gasteiger partial charge in [0.1, 0.15) is 11.5 Å². The number of aromatic amines is 1. The SMILES string of the molecule is O=c1ccc(Cc2ccc(Cl)c(Oc3cc(Cl)cc(Cl)c3)c2)n[nH]1. The Bertz CT molecular complexity index is 901. The van der Waals surface area contributed by atoms with Crippen LogP contribution in [-0.2, 0) is 6.42 Å². The maximum absolute atomic E-state index is 11.1. The molecule has 3 aromatic rings. The molecule has 1 N–H and O–H groups in total. The van der Waals surface area contributed by atoms with Gasteiger partial charge >= 0.3 is 0 Å².